The van der Waals surface area contributed by atoms with Crippen molar-refractivity contribution in [1.82, 2.24) is 0 Å². The predicted octanol–water partition coefficient (Wildman–Crippen LogP) is 3.66. The number of carbonyl (C=O) groups excluding carboxylic acids is 1. The van der Waals surface area contributed by atoms with E-state index in [1.54, 1.807) is 0 Å². The lowest BCUT2D eigenvalue weighted by atomic mass is 9.91. The number of rotatable bonds is 3. The average molecular weight is 237 g/mol. The fraction of sp³-hybridized carbons (Fsp3) is 0.0714. The molecule has 0 spiro atoms. The monoisotopic (exact) mass is 237 g/mol. The van der Waals surface area contributed by atoms with E-state index in [9.17, 15) is 4.79 Å². The number of benzene rings is 2. The molecule has 4 nitrogen and oxygen atoms in total. The van der Waals surface area contributed by atoms with E-state index >= 15 is 0 Å². The Morgan fingerprint density at radius 1 is 0.944 bits per heavy atom. The Morgan fingerprint density at radius 2 is 1.39 bits per heavy atom. The number of amides is 1. The van der Waals surface area contributed by atoms with Gasteiger partial charge in [-0.05, 0) is 21.8 Å². The van der Waals surface area contributed by atoms with E-state index in [1.165, 1.54) is 0 Å². The number of hydrogen-bond acceptors (Lipinski definition) is 1. The van der Waals surface area contributed by atoms with Crippen molar-refractivity contribution >= 4 is 5.91 Å². The van der Waals surface area contributed by atoms with Crippen LogP contribution in [0.5, 0.6) is 0 Å². The first-order valence-corrected chi connectivity index (χ1v) is 5.52. The number of azide groups is 1. The second kappa shape index (κ2) is 5.66. The Balaban J connectivity index is 2.48. The highest BCUT2D eigenvalue weighted by Crippen LogP contribution is 2.25. The summed E-state index contributed by atoms with van der Waals surface area (Å²) in [6.07, 6.45) is 0. The van der Waals surface area contributed by atoms with Crippen LogP contribution in [-0.4, -0.2) is 5.91 Å². The van der Waals surface area contributed by atoms with Gasteiger partial charge in [-0.15, -0.1) is 0 Å². The van der Waals surface area contributed by atoms with Crippen molar-refractivity contribution in [1.29, 1.82) is 0 Å². The molecular formula is C14H11N3O. The fourth-order valence-electron chi connectivity index (χ4n) is 1.87. The SMILES string of the molecule is [N-]=[N+]=NC(=O)C(c1ccccc1)c1ccccc1. The van der Waals surface area contributed by atoms with Gasteiger partial charge in [-0.3, -0.25) is 4.79 Å². The zero-order valence-electron chi connectivity index (χ0n) is 9.60. The van der Waals surface area contributed by atoms with Gasteiger partial charge in [-0.25, -0.2) is 0 Å². The predicted molar refractivity (Wildman–Crippen MR) is 68.9 cm³/mol. The minimum atomic E-state index is -0.539. The third-order valence-electron chi connectivity index (χ3n) is 2.66. The molecule has 0 aliphatic carbocycles. The molecule has 2 aromatic rings. The van der Waals surface area contributed by atoms with Crippen molar-refractivity contribution in [3.8, 4) is 0 Å². The van der Waals surface area contributed by atoms with Crippen molar-refractivity contribution in [2.45, 2.75) is 5.92 Å². The first kappa shape index (κ1) is 11.9. The van der Waals surface area contributed by atoms with E-state index in [4.69, 9.17) is 5.53 Å². The molecule has 0 N–H and O–H groups in total. The standard InChI is InChI=1S/C14H11N3O/c15-17-16-14(18)13(11-7-3-1-4-8-11)12-9-5-2-6-10-12/h1-10,13H. The summed E-state index contributed by atoms with van der Waals surface area (Å²) in [7, 11) is 0. The van der Waals surface area contributed by atoms with Crippen molar-refractivity contribution in [3.05, 3.63) is 82.2 Å². The summed E-state index contributed by atoms with van der Waals surface area (Å²) in [5.41, 5.74) is 10.1. The highest BCUT2D eigenvalue weighted by molar-refractivity contribution is 5.87. The third kappa shape index (κ3) is 2.56. The largest absolute Gasteiger partial charge is 0.292 e. The van der Waals surface area contributed by atoms with Crippen LogP contribution in [-0.2, 0) is 4.79 Å². The fourth-order valence-corrected chi connectivity index (χ4v) is 1.87. The normalized spacial score (nSPS) is 9.83. The quantitative estimate of drug-likeness (QED) is 0.456. The first-order valence-electron chi connectivity index (χ1n) is 5.52. The molecule has 0 atom stereocenters. The second-order valence-electron chi connectivity index (χ2n) is 3.78. The van der Waals surface area contributed by atoms with Crippen LogP contribution in [0.3, 0.4) is 0 Å². The van der Waals surface area contributed by atoms with Crippen LogP contribution in [0.2, 0.25) is 0 Å². The number of carbonyl (C=O) groups is 1. The summed E-state index contributed by atoms with van der Waals surface area (Å²) in [4.78, 5) is 14.5. The maximum absolute atomic E-state index is 11.9. The Morgan fingerprint density at radius 3 is 1.78 bits per heavy atom. The second-order valence-corrected chi connectivity index (χ2v) is 3.78. The summed E-state index contributed by atoms with van der Waals surface area (Å²) >= 11 is 0. The summed E-state index contributed by atoms with van der Waals surface area (Å²) in [6, 6.07) is 18.6. The van der Waals surface area contributed by atoms with Crippen LogP contribution >= 0.6 is 0 Å². The van der Waals surface area contributed by atoms with E-state index in [1.807, 2.05) is 60.7 Å². The van der Waals surface area contributed by atoms with Gasteiger partial charge in [-0.2, -0.15) is 0 Å². The summed E-state index contributed by atoms with van der Waals surface area (Å²) < 4.78 is 0. The van der Waals surface area contributed by atoms with Crippen LogP contribution in [0, 0.1) is 0 Å². The molecule has 0 aliphatic rings. The molecular weight excluding hydrogens is 226 g/mol. The zero-order chi connectivity index (χ0) is 12.8. The van der Waals surface area contributed by atoms with E-state index in [-0.39, 0.29) is 0 Å². The summed E-state index contributed by atoms with van der Waals surface area (Å²) in [6.45, 7) is 0. The zero-order valence-corrected chi connectivity index (χ0v) is 9.60. The molecule has 1 amide bonds. The van der Waals surface area contributed by atoms with Gasteiger partial charge in [0.25, 0.3) is 0 Å². The molecule has 0 fully saturated rings. The highest BCUT2D eigenvalue weighted by atomic mass is 16.1. The minimum Gasteiger partial charge on any atom is -0.292 e. The van der Waals surface area contributed by atoms with Gasteiger partial charge in [0.2, 0.25) is 5.91 Å². The number of hydrogen-bond donors (Lipinski definition) is 0. The minimum absolute atomic E-state index is 0.491. The Kier molecular flexibility index (Phi) is 3.74. The van der Waals surface area contributed by atoms with Gasteiger partial charge >= 0.3 is 0 Å². The van der Waals surface area contributed by atoms with Crippen molar-refractivity contribution in [2.75, 3.05) is 0 Å². The Hall–Kier alpha value is -2.58. The Labute approximate surface area is 105 Å². The third-order valence-corrected chi connectivity index (χ3v) is 2.66. The van der Waals surface area contributed by atoms with E-state index < -0.39 is 11.8 Å². The van der Waals surface area contributed by atoms with Gasteiger partial charge in [0.15, 0.2) is 0 Å². The Bertz CT molecular complexity index is 535. The van der Waals surface area contributed by atoms with Gasteiger partial charge in [0.1, 0.15) is 0 Å². The van der Waals surface area contributed by atoms with Crippen LogP contribution in [0.15, 0.2) is 65.8 Å². The van der Waals surface area contributed by atoms with Gasteiger partial charge < -0.3 is 0 Å². The van der Waals surface area contributed by atoms with Crippen molar-refractivity contribution < 1.29 is 4.79 Å². The van der Waals surface area contributed by atoms with Gasteiger partial charge in [0, 0.05) is 4.91 Å². The molecule has 0 saturated heterocycles. The lowest BCUT2D eigenvalue weighted by Gasteiger charge is -2.13. The van der Waals surface area contributed by atoms with Crippen molar-refractivity contribution in [3.63, 3.8) is 0 Å². The molecule has 18 heavy (non-hydrogen) atoms. The average Bonchev–Trinajstić information content (AvgIpc) is 2.42. The molecule has 0 heterocycles. The lowest BCUT2D eigenvalue weighted by Crippen LogP contribution is -2.11. The molecule has 0 aromatic heterocycles. The summed E-state index contributed by atoms with van der Waals surface area (Å²) in [5, 5.41) is 3.22. The molecule has 0 unspecified atom stereocenters. The van der Waals surface area contributed by atoms with Gasteiger partial charge in [-0.1, -0.05) is 60.7 Å². The molecule has 0 bridgehead atoms. The molecule has 0 radical (unpaired) electrons. The lowest BCUT2D eigenvalue weighted by molar-refractivity contribution is -0.118. The molecule has 88 valence electrons. The number of nitrogens with zero attached hydrogens (tertiary/aromatic N) is 3. The molecule has 2 rings (SSSR count). The van der Waals surface area contributed by atoms with Crippen molar-refractivity contribution in [2.24, 2.45) is 5.11 Å². The molecule has 4 heteroatoms. The van der Waals surface area contributed by atoms with Crippen LogP contribution in [0.1, 0.15) is 17.0 Å². The molecule has 2 aromatic carbocycles. The van der Waals surface area contributed by atoms with E-state index in [2.05, 4.69) is 10.0 Å². The molecule has 0 aliphatic heterocycles. The van der Waals surface area contributed by atoms with Crippen LogP contribution in [0.25, 0.3) is 10.4 Å². The summed E-state index contributed by atoms with van der Waals surface area (Å²) in [5.74, 6) is -1.03. The van der Waals surface area contributed by atoms with E-state index in [0.29, 0.717) is 0 Å². The maximum atomic E-state index is 11.9. The van der Waals surface area contributed by atoms with Gasteiger partial charge in [0.05, 0.1) is 5.92 Å². The van der Waals surface area contributed by atoms with Crippen LogP contribution in [0.4, 0.5) is 0 Å². The topological polar surface area (TPSA) is 65.8 Å². The van der Waals surface area contributed by atoms with Crippen LogP contribution < -0.4 is 0 Å². The maximum Gasteiger partial charge on any atom is 0.230 e. The smallest absolute Gasteiger partial charge is 0.230 e. The highest BCUT2D eigenvalue weighted by Gasteiger charge is 2.20. The van der Waals surface area contributed by atoms with E-state index in [0.717, 1.165) is 11.1 Å². The molecule has 0 saturated carbocycles. The first-order chi connectivity index (χ1) is 8.83.